The van der Waals surface area contributed by atoms with Crippen LogP contribution in [0, 0.1) is 5.82 Å². The molecule has 18 heavy (non-hydrogen) atoms. The Morgan fingerprint density at radius 1 is 1.33 bits per heavy atom. The van der Waals surface area contributed by atoms with Crippen LogP contribution in [0.25, 0.3) is 11.1 Å². The zero-order chi connectivity index (χ0) is 12.7. The summed E-state index contributed by atoms with van der Waals surface area (Å²) in [6.45, 7) is 0.577. The van der Waals surface area contributed by atoms with Crippen molar-refractivity contribution < 1.29 is 19.0 Å². The highest BCUT2D eigenvalue weighted by Gasteiger charge is 2.24. The molecule has 0 fully saturated rings. The Balaban J connectivity index is 2.22. The number of phenolic OH excluding ortho intramolecular Hbond substituents is 1. The van der Waals surface area contributed by atoms with Crippen LogP contribution in [0.3, 0.4) is 0 Å². The van der Waals surface area contributed by atoms with Crippen LogP contribution in [-0.4, -0.2) is 28.5 Å². The number of aromatic amines is 1. The molecular formula is C11H10FN3O3. The highest BCUT2D eigenvalue weighted by Crippen LogP contribution is 2.44. The molecule has 2 heterocycles. The first-order valence-electron chi connectivity index (χ1n) is 5.28. The summed E-state index contributed by atoms with van der Waals surface area (Å²) >= 11 is 0. The number of nitrogens with zero attached hydrogens (tertiary/aromatic N) is 1. The minimum Gasteiger partial charge on any atom is -0.504 e. The first kappa shape index (κ1) is 10.7. The molecule has 0 radical (unpaired) electrons. The Morgan fingerprint density at radius 2 is 2.11 bits per heavy atom. The molecule has 0 unspecified atom stereocenters. The molecule has 0 atom stereocenters. The summed E-state index contributed by atoms with van der Waals surface area (Å²) in [5, 5.41) is 16.1. The summed E-state index contributed by atoms with van der Waals surface area (Å²) in [5.74, 6) is -0.992. The molecule has 1 aliphatic rings. The van der Waals surface area contributed by atoms with E-state index >= 15 is 0 Å². The third-order valence-corrected chi connectivity index (χ3v) is 2.71. The number of fused-ring (bicyclic) bond motifs is 1. The molecule has 0 spiro atoms. The number of halogens is 1. The second-order valence-corrected chi connectivity index (χ2v) is 3.81. The summed E-state index contributed by atoms with van der Waals surface area (Å²) in [6.07, 6.45) is 1.40. The van der Waals surface area contributed by atoms with E-state index in [0.29, 0.717) is 12.2 Å². The van der Waals surface area contributed by atoms with Crippen molar-refractivity contribution in [2.75, 3.05) is 18.9 Å². The first-order valence-corrected chi connectivity index (χ1v) is 5.28. The van der Waals surface area contributed by atoms with Crippen LogP contribution in [0.2, 0.25) is 0 Å². The summed E-state index contributed by atoms with van der Waals surface area (Å²) in [6, 6.07) is 1.48. The molecule has 1 aromatic heterocycles. The van der Waals surface area contributed by atoms with Crippen LogP contribution in [0.4, 0.5) is 10.2 Å². The van der Waals surface area contributed by atoms with Crippen LogP contribution >= 0.6 is 0 Å². The molecule has 1 aliphatic heterocycles. The maximum absolute atomic E-state index is 13.9. The smallest absolute Gasteiger partial charge is 0.211 e. The molecule has 0 amide bonds. The molecule has 4 N–H and O–H groups in total. The molecular weight excluding hydrogens is 241 g/mol. The van der Waals surface area contributed by atoms with Crippen LogP contribution < -0.4 is 15.2 Å². The number of nitrogens with one attached hydrogen (secondary N) is 1. The van der Waals surface area contributed by atoms with E-state index < -0.39 is 11.6 Å². The van der Waals surface area contributed by atoms with Crippen molar-refractivity contribution in [3.63, 3.8) is 0 Å². The van der Waals surface area contributed by atoms with Crippen molar-refractivity contribution >= 4 is 5.82 Å². The molecule has 1 aromatic carbocycles. The van der Waals surface area contributed by atoms with Gasteiger partial charge in [0.05, 0.1) is 6.20 Å². The van der Waals surface area contributed by atoms with Gasteiger partial charge < -0.3 is 20.3 Å². The number of ether oxygens (including phenoxy) is 2. The van der Waals surface area contributed by atoms with E-state index in [1.54, 1.807) is 0 Å². The Bertz CT molecular complexity index is 612. The van der Waals surface area contributed by atoms with E-state index in [1.165, 1.54) is 12.3 Å². The largest absolute Gasteiger partial charge is 0.504 e. The van der Waals surface area contributed by atoms with Gasteiger partial charge in [-0.2, -0.15) is 9.49 Å². The van der Waals surface area contributed by atoms with E-state index in [2.05, 4.69) is 10.2 Å². The van der Waals surface area contributed by atoms with Gasteiger partial charge in [0.1, 0.15) is 19.0 Å². The zero-order valence-corrected chi connectivity index (χ0v) is 9.24. The lowest BCUT2D eigenvalue weighted by Gasteiger charge is -2.20. The van der Waals surface area contributed by atoms with Gasteiger partial charge in [-0.05, 0) is 6.07 Å². The van der Waals surface area contributed by atoms with Crippen molar-refractivity contribution in [1.29, 1.82) is 0 Å². The number of aromatic nitrogens is 2. The van der Waals surface area contributed by atoms with Gasteiger partial charge in [0, 0.05) is 11.1 Å². The number of benzene rings is 1. The maximum Gasteiger partial charge on any atom is 0.211 e. The summed E-state index contributed by atoms with van der Waals surface area (Å²) < 4.78 is 24.4. The number of hydrogen-bond donors (Lipinski definition) is 3. The molecule has 94 valence electrons. The molecule has 3 rings (SSSR count). The van der Waals surface area contributed by atoms with Gasteiger partial charge in [0.25, 0.3) is 0 Å². The lowest BCUT2D eigenvalue weighted by atomic mass is 10.1. The highest BCUT2D eigenvalue weighted by molar-refractivity contribution is 5.80. The Kier molecular flexibility index (Phi) is 2.26. The van der Waals surface area contributed by atoms with Crippen molar-refractivity contribution in [2.45, 2.75) is 0 Å². The molecule has 7 heteroatoms. The van der Waals surface area contributed by atoms with Gasteiger partial charge in [-0.1, -0.05) is 0 Å². The van der Waals surface area contributed by atoms with Crippen LogP contribution in [0.5, 0.6) is 17.2 Å². The number of nitrogen functional groups attached to an aromatic ring is 1. The summed E-state index contributed by atoms with van der Waals surface area (Å²) in [7, 11) is 0. The Labute approximate surface area is 101 Å². The van der Waals surface area contributed by atoms with E-state index in [-0.39, 0.29) is 29.5 Å². The van der Waals surface area contributed by atoms with Gasteiger partial charge >= 0.3 is 0 Å². The van der Waals surface area contributed by atoms with Gasteiger partial charge in [0.2, 0.25) is 11.6 Å². The predicted molar refractivity (Wildman–Crippen MR) is 61.0 cm³/mol. The molecule has 0 saturated carbocycles. The molecule has 0 saturated heterocycles. The second-order valence-electron chi connectivity index (χ2n) is 3.81. The molecule has 6 nitrogen and oxygen atoms in total. The van der Waals surface area contributed by atoms with Gasteiger partial charge in [-0.3, -0.25) is 5.10 Å². The van der Waals surface area contributed by atoms with Gasteiger partial charge in [-0.25, -0.2) is 0 Å². The fraction of sp³-hybridized carbons (Fsp3) is 0.182. The molecule has 2 aromatic rings. The van der Waals surface area contributed by atoms with Crippen molar-refractivity contribution in [3.8, 4) is 28.4 Å². The van der Waals surface area contributed by atoms with Crippen LogP contribution in [0.1, 0.15) is 0 Å². The lowest BCUT2D eigenvalue weighted by Crippen LogP contribution is -2.16. The number of aromatic hydroxyl groups is 1. The number of hydrogen-bond acceptors (Lipinski definition) is 5. The van der Waals surface area contributed by atoms with Crippen molar-refractivity contribution in [3.05, 3.63) is 18.1 Å². The molecule has 0 bridgehead atoms. The monoisotopic (exact) mass is 251 g/mol. The van der Waals surface area contributed by atoms with E-state index in [4.69, 9.17) is 15.2 Å². The molecule has 0 aliphatic carbocycles. The maximum atomic E-state index is 13.9. The van der Waals surface area contributed by atoms with Crippen LogP contribution in [-0.2, 0) is 0 Å². The number of anilines is 1. The second kappa shape index (κ2) is 3.80. The number of H-pyrrole nitrogens is 1. The number of nitrogens with two attached hydrogens (primary N) is 1. The fourth-order valence-electron chi connectivity index (χ4n) is 1.85. The van der Waals surface area contributed by atoms with Crippen molar-refractivity contribution in [1.82, 2.24) is 10.2 Å². The zero-order valence-electron chi connectivity index (χ0n) is 9.24. The quantitative estimate of drug-likeness (QED) is 0.709. The van der Waals surface area contributed by atoms with E-state index in [9.17, 15) is 9.50 Å². The standard InChI is InChI=1S/C11H10FN3O3/c12-8-9(16)5(6-4-14-15-11(6)13)3-7-10(8)18-2-1-17-7/h3-4,16H,1-2H2,(H3,13,14,15). The average molecular weight is 251 g/mol. The van der Waals surface area contributed by atoms with Gasteiger partial charge in [-0.15, -0.1) is 0 Å². The van der Waals surface area contributed by atoms with Crippen LogP contribution in [0.15, 0.2) is 12.3 Å². The summed E-state index contributed by atoms with van der Waals surface area (Å²) in [4.78, 5) is 0. The third kappa shape index (κ3) is 1.44. The summed E-state index contributed by atoms with van der Waals surface area (Å²) in [5.41, 5.74) is 6.26. The lowest BCUT2D eigenvalue weighted by molar-refractivity contribution is 0.163. The number of phenols is 1. The Hall–Kier alpha value is -2.44. The average Bonchev–Trinajstić information content (AvgIpc) is 2.80. The van der Waals surface area contributed by atoms with E-state index in [0.717, 1.165) is 0 Å². The van der Waals surface area contributed by atoms with Gasteiger partial charge in [0.15, 0.2) is 11.5 Å². The highest BCUT2D eigenvalue weighted by atomic mass is 19.1. The number of rotatable bonds is 1. The minimum absolute atomic E-state index is 0.0791. The topological polar surface area (TPSA) is 93.4 Å². The van der Waals surface area contributed by atoms with E-state index in [1.807, 2.05) is 0 Å². The minimum atomic E-state index is -0.859. The predicted octanol–water partition coefficient (Wildman–Crippen LogP) is 1.27. The Morgan fingerprint density at radius 3 is 2.83 bits per heavy atom. The van der Waals surface area contributed by atoms with Crippen molar-refractivity contribution in [2.24, 2.45) is 0 Å². The third-order valence-electron chi connectivity index (χ3n) is 2.71. The fourth-order valence-corrected chi connectivity index (χ4v) is 1.85. The SMILES string of the molecule is Nc1[nH]ncc1-c1cc2c(c(F)c1O)OCCO2. The first-order chi connectivity index (χ1) is 8.68. The normalized spacial score (nSPS) is 13.6.